The van der Waals surface area contributed by atoms with Crippen molar-refractivity contribution in [2.75, 3.05) is 20.3 Å². The second-order valence-electron chi connectivity index (χ2n) is 4.80. The molecule has 1 aromatic carbocycles. The van der Waals surface area contributed by atoms with Gasteiger partial charge in [-0.2, -0.15) is 0 Å². The summed E-state index contributed by atoms with van der Waals surface area (Å²) in [5.74, 6) is 6.95. The van der Waals surface area contributed by atoms with Crippen LogP contribution in [0.25, 0.3) is 0 Å². The van der Waals surface area contributed by atoms with E-state index < -0.39 is 0 Å². The van der Waals surface area contributed by atoms with Crippen LogP contribution >= 0.6 is 0 Å². The van der Waals surface area contributed by atoms with E-state index in [1.165, 1.54) is 0 Å². The van der Waals surface area contributed by atoms with E-state index in [0.29, 0.717) is 24.2 Å². The van der Waals surface area contributed by atoms with Gasteiger partial charge in [0.05, 0.1) is 0 Å². The molecular formula is C19H24CrO3. The molecule has 0 aliphatic rings. The number of hydrogen-bond acceptors (Lipinski definition) is 3. The van der Waals surface area contributed by atoms with Crippen molar-refractivity contribution in [2.45, 2.75) is 32.3 Å². The van der Waals surface area contributed by atoms with Gasteiger partial charge in [-0.3, -0.25) is 0 Å². The Balaban J connectivity index is 2.42. The van der Waals surface area contributed by atoms with Gasteiger partial charge in [-0.05, 0) is 0 Å². The first-order chi connectivity index (χ1) is 11.2. The van der Waals surface area contributed by atoms with Gasteiger partial charge >= 0.3 is 147 Å². The minimum atomic E-state index is -0.0425. The first-order valence-corrected chi connectivity index (χ1v) is 8.37. The Morgan fingerprint density at radius 3 is 2.83 bits per heavy atom. The topological polar surface area (TPSA) is 27.7 Å². The number of para-hydroxylation sites is 1. The van der Waals surface area contributed by atoms with Crippen LogP contribution in [-0.4, -0.2) is 31.0 Å². The summed E-state index contributed by atoms with van der Waals surface area (Å²) in [4.78, 5) is 0. The van der Waals surface area contributed by atoms with E-state index in [1.54, 1.807) is 13.2 Å². The summed E-state index contributed by atoms with van der Waals surface area (Å²) in [6, 6.07) is 7.72. The Morgan fingerprint density at radius 1 is 1.35 bits per heavy atom. The zero-order valence-electron chi connectivity index (χ0n) is 13.8. The van der Waals surface area contributed by atoms with Gasteiger partial charge in [-0.1, -0.05) is 0 Å². The van der Waals surface area contributed by atoms with Gasteiger partial charge in [0.1, 0.15) is 0 Å². The maximum absolute atomic E-state index is 5.78. The number of benzene rings is 1. The van der Waals surface area contributed by atoms with Crippen molar-refractivity contribution in [1.82, 2.24) is 0 Å². The number of methoxy groups -OCH3 is 1. The van der Waals surface area contributed by atoms with Crippen molar-refractivity contribution < 1.29 is 30.1 Å². The first-order valence-electron chi connectivity index (χ1n) is 7.74. The number of rotatable bonds is 10. The van der Waals surface area contributed by atoms with E-state index >= 15 is 0 Å². The number of allylic oxidation sites excluding steroid dienone is 1. The zero-order valence-corrected chi connectivity index (χ0v) is 15.1. The van der Waals surface area contributed by atoms with Gasteiger partial charge in [0.2, 0.25) is 0 Å². The van der Waals surface area contributed by atoms with Gasteiger partial charge in [-0.15, -0.1) is 0 Å². The Labute approximate surface area is 147 Å². The molecule has 0 amide bonds. The molecule has 1 unspecified atom stereocenters. The summed E-state index contributed by atoms with van der Waals surface area (Å²) in [6.07, 6.45) is 4.40. The molecule has 1 rings (SSSR count). The third-order valence-electron chi connectivity index (χ3n) is 3.02. The van der Waals surface area contributed by atoms with Crippen LogP contribution in [0.2, 0.25) is 0 Å². The fourth-order valence-electron chi connectivity index (χ4n) is 1.92. The molecule has 0 radical (unpaired) electrons. The fraction of sp³-hybridized carbons (Fsp3) is 0.421. The van der Waals surface area contributed by atoms with Crippen LogP contribution in [-0.2, 0) is 25.3 Å². The predicted molar refractivity (Wildman–Crippen MR) is 90.3 cm³/mol. The monoisotopic (exact) mass is 352 g/mol. The van der Waals surface area contributed by atoms with E-state index in [1.807, 2.05) is 24.3 Å². The van der Waals surface area contributed by atoms with Crippen LogP contribution in [0, 0.1) is 11.8 Å². The summed E-state index contributed by atoms with van der Waals surface area (Å²) < 4.78 is 17.5. The van der Waals surface area contributed by atoms with E-state index in [2.05, 4.69) is 41.2 Å². The van der Waals surface area contributed by atoms with E-state index in [9.17, 15) is 0 Å². The van der Waals surface area contributed by atoms with Crippen LogP contribution in [0.4, 0.5) is 0 Å². The van der Waals surface area contributed by atoms with Crippen LogP contribution in [0.5, 0.6) is 5.75 Å². The molecule has 0 aliphatic heterocycles. The van der Waals surface area contributed by atoms with Gasteiger partial charge in [0.15, 0.2) is 0 Å². The average Bonchev–Trinajstić information content (AvgIpc) is 2.58. The third-order valence-corrected chi connectivity index (χ3v) is 3.55. The van der Waals surface area contributed by atoms with E-state index in [-0.39, 0.29) is 6.10 Å². The molecular weight excluding hydrogens is 328 g/mol. The predicted octanol–water partition coefficient (Wildman–Crippen LogP) is 3.50. The van der Waals surface area contributed by atoms with Crippen LogP contribution in [0.1, 0.15) is 31.7 Å². The molecule has 0 heterocycles. The summed E-state index contributed by atoms with van der Waals surface area (Å²) in [7, 11) is 1.65. The molecule has 0 bridgehead atoms. The van der Waals surface area contributed by atoms with Gasteiger partial charge < -0.3 is 0 Å². The van der Waals surface area contributed by atoms with Crippen molar-refractivity contribution in [3.05, 3.63) is 42.5 Å². The Bertz CT molecular complexity index is 557. The van der Waals surface area contributed by atoms with Gasteiger partial charge in [0, 0.05) is 0 Å². The molecule has 0 aliphatic carbocycles. The van der Waals surface area contributed by atoms with E-state index in [0.717, 1.165) is 24.2 Å². The SMILES string of the molecule is C=CCC#CC(CCC)OCCO[C](=[Cr])c1ccccc1OC. The third kappa shape index (κ3) is 7.64. The molecule has 0 aromatic heterocycles. The normalized spacial score (nSPS) is 11.2. The van der Waals surface area contributed by atoms with Crippen LogP contribution in [0.15, 0.2) is 36.9 Å². The summed E-state index contributed by atoms with van der Waals surface area (Å²) >= 11 is 2.94. The van der Waals surface area contributed by atoms with Gasteiger partial charge in [-0.25, -0.2) is 0 Å². The molecule has 23 heavy (non-hydrogen) atoms. The van der Waals surface area contributed by atoms with Crippen molar-refractivity contribution in [2.24, 2.45) is 0 Å². The molecule has 0 saturated carbocycles. The molecule has 3 nitrogen and oxygen atoms in total. The quantitative estimate of drug-likeness (QED) is 0.366. The average molecular weight is 352 g/mol. The van der Waals surface area contributed by atoms with Gasteiger partial charge in [0.25, 0.3) is 0 Å². The zero-order chi connectivity index (χ0) is 16.9. The van der Waals surface area contributed by atoms with Crippen molar-refractivity contribution in [3.8, 4) is 17.6 Å². The second kappa shape index (κ2) is 12.1. The molecule has 0 saturated heterocycles. The van der Waals surface area contributed by atoms with Crippen LogP contribution < -0.4 is 4.74 Å². The Hall–Kier alpha value is -1.36. The standard InChI is InChI=1S/C19H24O3.Cr/c1-4-6-7-12-18(10-5-2)22-15-14-21-16-17-11-8-9-13-19(17)20-3;/h4,8-9,11,13,18H,1,5-6,10,14-15H2,2-3H3;. The summed E-state index contributed by atoms with van der Waals surface area (Å²) in [5.41, 5.74) is 0.908. The fourth-order valence-corrected chi connectivity index (χ4v) is 2.31. The first kappa shape index (κ1) is 19.7. The van der Waals surface area contributed by atoms with Crippen molar-refractivity contribution in [3.63, 3.8) is 0 Å². The molecule has 0 fully saturated rings. The Morgan fingerprint density at radius 2 is 2.13 bits per heavy atom. The molecule has 0 spiro atoms. The van der Waals surface area contributed by atoms with Crippen molar-refractivity contribution >= 4 is 4.57 Å². The molecule has 1 aromatic rings. The summed E-state index contributed by atoms with van der Waals surface area (Å²) in [6.45, 7) is 6.74. The minimum absolute atomic E-state index is 0.0425. The van der Waals surface area contributed by atoms with Crippen LogP contribution in [0.3, 0.4) is 0 Å². The maximum atomic E-state index is 5.78. The van der Waals surface area contributed by atoms with Crippen molar-refractivity contribution in [1.29, 1.82) is 0 Å². The number of hydrogen-bond donors (Lipinski definition) is 0. The molecule has 4 heteroatoms. The second-order valence-corrected chi connectivity index (χ2v) is 5.38. The molecule has 1 atom stereocenters. The summed E-state index contributed by atoms with van der Waals surface area (Å²) in [5, 5.41) is 0. The Kier molecular flexibility index (Phi) is 10.4. The number of ether oxygens (including phenoxy) is 3. The van der Waals surface area contributed by atoms with E-state index in [4.69, 9.17) is 14.2 Å². The molecule has 124 valence electrons. The molecule has 0 N–H and O–H groups in total.